The van der Waals surface area contributed by atoms with E-state index in [1.165, 1.54) is 24.9 Å². The first-order chi connectivity index (χ1) is 12.8. The fourth-order valence-electron chi connectivity index (χ4n) is 3.51. The highest BCUT2D eigenvalue weighted by Crippen LogP contribution is 2.15. The van der Waals surface area contributed by atoms with Crippen molar-refractivity contribution >= 4 is 5.96 Å². The van der Waals surface area contributed by atoms with E-state index in [0.717, 1.165) is 37.7 Å². The number of likely N-dealkylation sites (tertiary alicyclic amines) is 1. The Bertz CT molecular complexity index is 693. The molecule has 1 unspecified atom stereocenters. The Hall–Kier alpha value is -2.34. The third-order valence-electron chi connectivity index (χ3n) is 5.00. The molecule has 2 aromatic rings. The fraction of sp³-hybridized carbons (Fsp3) is 0.500. The minimum Gasteiger partial charge on any atom is -0.356 e. The SMILES string of the molecule is CCN1CCCC1CNC(=NC)NCCc1cnn(-c2ccccc2)c1. The Labute approximate surface area is 156 Å². The highest BCUT2D eigenvalue weighted by atomic mass is 15.3. The van der Waals surface area contributed by atoms with Gasteiger partial charge in [0.05, 0.1) is 11.9 Å². The quantitative estimate of drug-likeness (QED) is 0.590. The summed E-state index contributed by atoms with van der Waals surface area (Å²) in [4.78, 5) is 6.88. The second-order valence-corrected chi connectivity index (χ2v) is 6.68. The molecule has 2 N–H and O–H groups in total. The van der Waals surface area contributed by atoms with Crippen molar-refractivity contribution in [2.75, 3.05) is 33.2 Å². The molecule has 2 heterocycles. The summed E-state index contributed by atoms with van der Waals surface area (Å²) in [5, 5.41) is 11.3. The fourth-order valence-corrected chi connectivity index (χ4v) is 3.51. The lowest BCUT2D eigenvalue weighted by molar-refractivity contribution is 0.267. The number of hydrogen-bond donors (Lipinski definition) is 2. The maximum absolute atomic E-state index is 4.45. The smallest absolute Gasteiger partial charge is 0.191 e. The lowest BCUT2D eigenvalue weighted by atomic mass is 10.2. The van der Waals surface area contributed by atoms with Gasteiger partial charge in [-0.15, -0.1) is 0 Å². The minimum absolute atomic E-state index is 0.627. The van der Waals surface area contributed by atoms with Gasteiger partial charge in [0.2, 0.25) is 0 Å². The van der Waals surface area contributed by atoms with Crippen molar-refractivity contribution in [2.24, 2.45) is 4.99 Å². The second kappa shape index (κ2) is 9.38. The van der Waals surface area contributed by atoms with Gasteiger partial charge < -0.3 is 10.6 Å². The van der Waals surface area contributed by atoms with Gasteiger partial charge in [-0.05, 0) is 50.0 Å². The highest BCUT2D eigenvalue weighted by molar-refractivity contribution is 5.79. The van der Waals surface area contributed by atoms with Crippen LogP contribution in [-0.2, 0) is 6.42 Å². The number of aliphatic imine (C=N–C) groups is 1. The molecule has 6 heteroatoms. The van der Waals surface area contributed by atoms with Crippen LogP contribution in [0.5, 0.6) is 0 Å². The number of likely N-dealkylation sites (N-methyl/N-ethyl adjacent to an activating group) is 1. The van der Waals surface area contributed by atoms with E-state index in [2.05, 4.69) is 50.9 Å². The molecule has 0 radical (unpaired) electrons. The van der Waals surface area contributed by atoms with Gasteiger partial charge in [0.1, 0.15) is 0 Å². The van der Waals surface area contributed by atoms with Gasteiger partial charge in [-0.1, -0.05) is 25.1 Å². The first-order valence-corrected chi connectivity index (χ1v) is 9.57. The van der Waals surface area contributed by atoms with Gasteiger partial charge in [-0.25, -0.2) is 4.68 Å². The summed E-state index contributed by atoms with van der Waals surface area (Å²) < 4.78 is 1.92. The van der Waals surface area contributed by atoms with E-state index in [0.29, 0.717) is 6.04 Å². The predicted molar refractivity (Wildman–Crippen MR) is 107 cm³/mol. The molecule has 140 valence electrons. The topological polar surface area (TPSA) is 57.5 Å². The van der Waals surface area contributed by atoms with E-state index in [-0.39, 0.29) is 0 Å². The number of hydrogen-bond acceptors (Lipinski definition) is 3. The van der Waals surface area contributed by atoms with Gasteiger partial charge in [0.15, 0.2) is 5.96 Å². The van der Waals surface area contributed by atoms with Crippen LogP contribution in [0.25, 0.3) is 5.69 Å². The largest absolute Gasteiger partial charge is 0.356 e. The molecule has 0 spiro atoms. The van der Waals surface area contributed by atoms with Crippen LogP contribution in [0.15, 0.2) is 47.7 Å². The number of nitrogens with zero attached hydrogens (tertiary/aromatic N) is 4. The van der Waals surface area contributed by atoms with Crippen molar-refractivity contribution in [1.29, 1.82) is 0 Å². The molecule has 1 aromatic carbocycles. The van der Waals surface area contributed by atoms with Crippen LogP contribution in [0.4, 0.5) is 0 Å². The molecule has 1 aromatic heterocycles. The van der Waals surface area contributed by atoms with Crippen LogP contribution >= 0.6 is 0 Å². The Morgan fingerprint density at radius 1 is 1.27 bits per heavy atom. The Morgan fingerprint density at radius 2 is 2.12 bits per heavy atom. The van der Waals surface area contributed by atoms with Crippen LogP contribution < -0.4 is 10.6 Å². The van der Waals surface area contributed by atoms with E-state index in [1.807, 2.05) is 36.1 Å². The van der Waals surface area contributed by atoms with E-state index in [4.69, 9.17) is 0 Å². The molecule has 0 saturated carbocycles. The van der Waals surface area contributed by atoms with E-state index < -0.39 is 0 Å². The minimum atomic E-state index is 0.627. The third-order valence-corrected chi connectivity index (χ3v) is 5.00. The number of guanidine groups is 1. The number of benzene rings is 1. The molecule has 26 heavy (non-hydrogen) atoms. The molecule has 0 bridgehead atoms. The summed E-state index contributed by atoms with van der Waals surface area (Å²) in [6, 6.07) is 10.8. The van der Waals surface area contributed by atoms with Crippen LogP contribution in [0.1, 0.15) is 25.3 Å². The Morgan fingerprint density at radius 3 is 2.88 bits per heavy atom. The number of nitrogens with one attached hydrogen (secondary N) is 2. The third kappa shape index (κ3) is 4.85. The molecule has 1 saturated heterocycles. The zero-order valence-corrected chi connectivity index (χ0v) is 15.9. The lowest BCUT2D eigenvalue weighted by Crippen LogP contribution is -2.45. The molecule has 0 amide bonds. The molecule has 1 aliphatic rings. The lowest BCUT2D eigenvalue weighted by Gasteiger charge is -2.23. The van der Waals surface area contributed by atoms with Crippen molar-refractivity contribution in [3.63, 3.8) is 0 Å². The predicted octanol–water partition coefficient (Wildman–Crippen LogP) is 2.06. The van der Waals surface area contributed by atoms with Crippen molar-refractivity contribution in [1.82, 2.24) is 25.3 Å². The Kier molecular flexibility index (Phi) is 6.66. The monoisotopic (exact) mass is 354 g/mol. The first-order valence-electron chi connectivity index (χ1n) is 9.57. The first kappa shape index (κ1) is 18.5. The van der Waals surface area contributed by atoms with Crippen molar-refractivity contribution in [3.05, 3.63) is 48.3 Å². The number of rotatable bonds is 7. The van der Waals surface area contributed by atoms with E-state index >= 15 is 0 Å². The molecular formula is C20H30N6. The zero-order chi connectivity index (χ0) is 18.2. The van der Waals surface area contributed by atoms with Gasteiger partial charge in [0.25, 0.3) is 0 Å². The maximum Gasteiger partial charge on any atom is 0.191 e. The van der Waals surface area contributed by atoms with Gasteiger partial charge in [-0.3, -0.25) is 9.89 Å². The highest BCUT2D eigenvalue weighted by Gasteiger charge is 2.22. The molecular weight excluding hydrogens is 324 g/mol. The average Bonchev–Trinajstić information content (AvgIpc) is 3.34. The van der Waals surface area contributed by atoms with Gasteiger partial charge >= 0.3 is 0 Å². The van der Waals surface area contributed by atoms with E-state index in [9.17, 15) is 0 Å². The summed E-state index contributed by atoms with van der Waals surface area (Å²) in [7, 11) is 1.83. The van der Waals surface area contributed by atoms with Crippen molar-refractivity contribution < 1.29 is 0 Å². The Balaban J connectivity index is 1.43. The normalized spacial score (nSPS) is 18.2. The van der Waals surface area contributed by atoms with Crippen molar-refractivity contribution in [3.8, 4) is 5.69 Å². The molecule has 3 rings (SSSR count). The van der Waals surface area contributed by atoms with Crippen LogP contribution in [0.2, 0.25) is 0 Å². The zero-order valence-electron chi connectivity index (χ0n) is 15.9. The maximum atomic E-state index is 4.45. The van der Waals surface area contributed by atoms with Crippen LogP contribution in [0.3, 0.4) is 0 Å². The average molecular weight is 355 g/mol. The summed E-state index contributed by atoms with van der Waals surface area (Å²) in [5.74, 6) is 0.878. The van der Waals surface area contributed by atoms with Crippen molar-refractivity contribution in [2.45, 2.75) is 32.2 Å². The summed E-state index contributed by atoms with van der Waals surface area (Å²) in [6.45, 7) is 6.38. The summed E-state index contributed by atoms with van der Waals surface area (Å²) in [6.07, 6.45) is 7.51. The molecule has 6 nitrogen and oxygen atoms in total. The summed E-state index contributed by atoms with van der Waals surface area (Å²) >= 11 is 0. The van der Waals surface area contributed by atoms with E-state index in [1.54, 1.807) is 0 Å². The van der Waals surface area contributed by atoms with Gasteiger partial charge in [-0.2, -0.15) is 5.10 Å². The number of para-hydroxylation sites is 1. The van der Waals surface area contributed by atoms with Gasteiger partial charge in [0, 0.05) is 32.4 Å². The molecule has 0 aliphatic carbocycles. The number of aromatic nitrogens is 2. The summed E-state index contributed by atoms with van der Waals surface area (Å²) in [5.41, 5.74) is 2.30. The second-order valence-electron chi connectivity index (χ2n) is 6.68. The molecule has 1 atom stereocenters. The van der Waals surface area contributed by atoms with Crippen LogP contribution in [-0.4, -0.2) is 59.9 Å². The van der Waals surface area contributed by atoms with Crippen LogP contribution in [0, 0.1) is 0 Å². The molecule has 1 aliphatic heterocycles. The standard InChI is InChI=1S/C20H30N6/c1-3-25-13-7-10-19(25)15-23-20(21-2)22-12-11-17-14-24-26(16-17)18-8-5-4-6-9-18/h4-6,8-9,14,16,19H,3,7,10-13,15H2,1-2H3,(H2,21,22,23). The molecule has 1 fully saturated rings.